The summed E-state index contributed by atoms with van der Waals surface area (Å²) in [6.07, 6.45) is 10.8. The predicted octanol–water partition coefficient (Wildman–Crippen LogP) is 5.24. The van der Waals surface area contributed by atoms with Crippen LogP contribution in [0.15, 0.2) is 73.1 Å². The van der Waals surface area contributed by atoms with Crippen molar-refractivity contribution in [3.63, 3.8) is 0 Å². The summed E-state index contributed by atoms with van der Waals surface area (Å²) in [5.41, 5.74) is 4.46. The lowest BCUT2D eigenvalue weighted by Crippen LogP contribution is -1.95. The van der Waals surface area contributed by atoms with E-state index in [4.69, 9.17) is 5.11 Å². The van der Waals surface area contributed by atoms with Crippen molar-refractivity contribution in [2.24, 2.45) is 0 Å². The fraction of sp³-hybridized carbons (Fsp3) is 0.150. The summed E-state index contributed by atoms with van der Waals surface area (Å²) in [6, 6.07) is 8.94. The van der Waals surface area contributed by atoms with Crippen molar-refractivity contribution in [3.8, 4) is 11.1 Å². The predicted molar refractivity (Wildman–Crippen MR) is 95.3 cm³/mol. The summed E-state index contributed by atoms with van der Waals surface area (Å²) >= 11 is 0. The standard InChI is InChI=1S/C20H21NO2/c1-4-7-19(12-15(3)5-2)21-11-10-18(14-21)16-8-6-9-17(13-16)20(22)23/h4,6-14H,1,5H2,2-3H3,(H,22,23)/b15-12+,19-7+. The second-order valence-electron chi connectivity index (χ2n) is 5.36. The molecule has 1 aromatic carbocycles. The molecule has 0 fully saturated rings. The fourth-order valence-corrected chi connectivity index (χ4v) is 2.24. The van der Waals surface area contributed by atoms with Gasteiger partial charge in [-0.05, 0) is 54.8 Å². The Bertz CT molecular complexity index is 778. The number of hydrogen-bond donors (Lipinski definition) is 1. The minimum absolute atomic E-state index is 0.291. The zero-order valence-corrected chi connectivity index (χ0v) is 13.5. The number of carboxylic acids is 1. The molecule has 0 unspecified atom stereocenters. The van der Waals surface area contributed by atoms with Gasteiger partial charge < -0.3 is 9.67 Å². The number of aromatic carboxylic acids is 1. The summed E-state index contributed by atoms with van der Waals surface area (Å²) in [6.45, 7) is 7.99. The SMILES string of the molecule is C=C/C=C(\C=C(/C)CC)n1ccc(-c2cccc(C(=O)O)c2)c1. The number of benzene rings is 1. The van der Waals surface area contributed by atoms with Crippen LogP contribution < -0.4 is 0 Å². The van der Waals surface area contributed by atoms with Crippen LogP contribution in [0.2, 0.25) is 0 Å². The van der Waals surface area contributed by atoms with E-state index in [1.807, 2.05) is 35.2 Å². The zero-order valence-electron chi connectivity index (χ0n) is 13.5. The maximum absolute atomic E-state index is 11.1. The number of allylic oxidation sites excluding steroid dienone is 5. The molecular formula is C20H21NO2. The van der Waals surface area contributed by atoms with E-state index in [0.29, 0.717) is 5.56 Å². The van der Waals surface area contributed by atoms with Gasteiger partial charge in [-0.3, -0.25) is 0 Å². The number of carboxylic acid groups (broad SMARTS) is 1. The molecule has 0 spiro atoms. The van der Waals surface area contributed by atoms with Crippen LogP contribution in [0.5, 0.6) is 0 Å². The van der Waals surface area contributed by atoms with Crippen LogP contribution in [0.3, 0.4) is 0 Å². The van der Waals surface area contributed by atoms with Crippen LogP contribution in [0.1, 0.15) is 30.6 Å². The van der Waals surface area contributed by atoms with Gasteiger partial charge in [-0.25, -0.2) is 4.79 Å². The van der Waals surface area contributed by atoms with E-state index in [0.717, 1.165) is 23.2 Å². The summed E-state index contributed by atoms with van der Waals surface area (Å²) < 4.78 is 2.02. The van der Waals surface area contributed by atoms with Crippen LogP contribution in [0, 0.1) is 0 Å². The van der Waals surface area contributed by atoms with Crippen molar-refractivity contribution in [3.05, 3.63) is 78.7 Å². The Labute approximate surface area is 136 Å². The third kappa shape index (κ3) is 4.10. The highest BCUT2D eigenvalue weighted by Gasteiger charge is 2.07. The number of carbonyl (C=O) groups is 1. The van der Waals surface area contributed by atoms with Crippen molar-refractivity contribution in [1.82, 2.24) is 4.57 Å². The first-order valence-corrected chi connectivity index (χ1v) is 7.57. The van der Waals surface area contributed by atoms with E-state index < -0.39 is 5.97 Å². The molecule has 0 bridgehead atoms. The monoisotopic (exact) mass is 307 g/mol. The number of hydrogen-bond acceptors (Lipinski definition) is 1. The van der Waals surface area contributed by atoms with Gasteiger partial charge in [-0.15, -0.1) is 0 Å². The lowest BCUT2D eigenvalue weighted by atomic mass is 10.1. The molecule has 0 saturated heterocycles. The second-order valence-corrected chi connectivity index (χ2v) is 5.36. The zero-order chi connectivity index (χ0) is 16.8. The van der Waals surface area contributed by atoms with E-state index in [-0.39, 0.29) is 0 Å². The van der Waals surface area contributed by atoms with Crippen molar-refractivity contribution in [2.45, 2.75) is 20.3 Å². The molecule has 0 atom stereocenters. The summed E-state index contributed by atoms with van der Waals surface area (Å²) in [5, 5.41) is 9.11. The molecule has 3 heteroatoms. The van der Waals surface area contributed by atoms with E-state index in [1.165, 1.54) is 5.57 Å². The number of rotatable bonds is 6. The molecule has 1 heterocycles. The Balaban J connectivity index is 2.39. The third-order valence-corrected chi connectivity index (χ3v) is 3.67. The molecule has 118 valence electrons. The molecular weight excluding hydrogens is 286 g/mol. The molecule has 2 aromatic rings. The molecule has 0 amide bonds. The smallest absolute Gasteiger partial charge is 0.335 e. The molecule has 0 aliphatic rings. The molecule has 0 radical (unpaired) electrons. The van der Waals surface area contributed by atoms with Gasteiger partial charge in [-0.1, -0.05) is 37.3 Å². The van der Waals surface area contributed by atoms with E-state index in [2.05, 4.69) is 26.5 Å². The Morgan fingerprint density at radius 3 is 2.74 bits per heavy atom. The average molecular weight is 307 g/mol. The highest BCUT2D eigenvalue weighted by atomic mass is 16.4. The Morgan fingerprint density at radius 2 is 2.09 bits per heavy atom. The maximum atomic E-state index is 11.1. The number of aromatic nitrogens is 1. The van der Waals surface area contributed by atoms with E-state index in [1.54, 1.807) is 24.3 Å². The van der Waals surface area contributed by atoms with Gasteiger partial charge in [0.15, 0.2) is 0 Å². The van der Waals surface area contributed by atoms with Crippen molar-refractivity contribution >= 4 is 11.7 Å². The van der Waals surface area contributed by atoms with Crippen molar-refractivity contribution in [1.29, 1.82) is 0 Å². The van der Waals surface area contributed by atoms with Crippen molar-refractivity contribution in [2.75, 3.05) is 0 Å². The molecule has 0 aliphatic carbocycles. The lowest BCUT2D eigenvalue weighted by molar-refractivity contribution is 0.0697. The van der Waals surface area contributed by atoms with E-state index in [9.17, 15) is 4.79 Å². The third-order valence-electron chi connectivity index (χ3n) is 3.67. The molecule has 23 heavy (non-hydrogen) atoms. The number of nitrogens with zero attached hydrogens (tertiary/aromatic N) is 1. The first-order chi connectivity index (χ1) is 11.0. The average Bonchev–Trinajstić information content (AvgIpc) is 3.04. The minimum Gasteiger partial charge on any atom is -0.478 e. The highest BCUT2D eigenvalue weighted by molar-refractivity contribution is 5.89. The van der Waals surface area contributed by atoms with Crippen LogP contribution in [0.4, 0.5) is 0 Å². The Morgan fingerprint density at radius 1 is 1.30 bits per heavy atom. The molecule has 0 aliphatic heterocycles. The topological polar surface area (TPSA) is 42.2 Å². The molecule has 3 nitrogen and oxygen atoms in total. The van der Waals surface area contributed by atoms with Crippen LogP contribution >= 0.6 is 0 Å². The lowest BCUT2D eigenvalue weighted by Gasteiger charge is -2.05. The van der Waals surface area contributed by atoms with Crippen LogP contribution in [-0.4, -0.2) is 15.6 Å². The maximum Gasteiger partial charge on any atom is 0.335 e. The van der Waals surface area contributed by atoms with E-state index >= 15 is 0 Å². The first kappa shape index (κ1) is 16.6. The second kappa shape index (κ2) is 7.45. The van der Waals surface area contributed by atoms with Gasteiger partial charge in [0.2, 0.25) is 0 Å². The molecule has 0 saturated carbocycles. The summed E-state index contributed by atoms with van der Waals surface area (Å²) in [7, 11) is 0. The largest absolute Gasteiger partial charge is 0.478 e. The Kier molecular flexibility index (Phi) is 5.36. The van der Waals surface area contributed by atoms with Gasteiger partial charge >= 0.3 is 5.97 Å². The fourth-order valence-electron chi connectivity index (χ4n) is 2.24. The molecule has 2 rings (SSSR count). The minimum atomic E-state index is -0.917. The van der Waals surface area contributed by atoms with Gasteiger partial charge in [0.25, 0.3) is 0 Å². The summed E-state index contributed by atoms with van der Waals surface area (Å²) in [5.74, 6) is -0.917. The van der Waals surface area contributed by atoms with Gasteiger partial charge in [-0.2, -0.15) is 0 Å². The molecule has 1 N–H and O–H groups in total. The normalized spacial score (nSPS) is 12.3. The van der Waals surface area contributed by atoms with Gasteiger partial charge in [0.05, 0.1) is 5.56 Å². The van der Waals surface area contributed by atoms with Crippen LogP contribution in [-0.2, 0) is 0 Å². The Hall–Kier alpha value is -2.81. The van der Waals surface area contributed by atoms with Crippen LogP contribution in [0.25, 0.3) is 16.8 Å². The van der Waals surface area contributed by atoms with Gasteiger partial charge in [0.1, 0.15) is 0 Å². The highest BCUT2D eigenvalue weighted by Crippen LogP contribution is 2.23. The quantitative estimate of drug-likeness (QED) is 0.742. The van der Waals surface area contributed by atoms with Crippen molar-refractivity contribution < 1.29 is 9.90 Å². The van der Waals surface area contributed by atoms with Gasteiger partial charge in [0, 0.05) is 18.1 Å². The first-order valence-electron chi connectivity index (χ1n) is 7.57. The molecule has 1 aromatic heterocycles. The summed E-state index contributed by atoms with van der Waals surface area (Å²) in [4.78, 5) is 11.1.